The summed E-state index contributed by atoms with van der Waals surface area (Å²) < 4.78 is 45.6. The molecule has 3 rings (SSSR count). The first-order chi connectivity index (χ1) is 9.42. The molecule has 1 aliphatic carbocycles. The lowest BCUT2D eigenvalue weighted by Gasteiger charge is -2.38. The van der Waals surface area contributed by atoms with Crippen molar-refractivity contribution >= 4 is 5.91 Å². The Morgan fingerprint density at radius 1 is 1.45 bits per heavy atom. The number of aromatic nitrogens is 1. The van der Waals surface area contributed by atoms with Crippen molar-refractivity contribution in [2.24, 2.45) is 0 Å². The van der Waals surface area contributed by atoms with Crippen LogP contribution in [0.4, 0.5) is 13.2 Å². The van der Waals surface area contributed by atoms with Gasteiger partial charge in [-0.15, -0.1) is 0 Å². The van der Waals surface area contributed by atoms with Gasteiger partial charge in [-0.05, 0) is 12.8 Å². The van der Waals surface area contributed by atoms with Crippen LogP contribution in [-0.2, 0) is 4.74 Å². The van der Waals surface area contributed by atoms with Crippen LogP contribution in [0, 0.1) is 0 Å². The number of carbonyl (C=O) groups excluding carboxylic acids is 1. The van der Waals surface area contributed by atoms with Crippen molar-refractivity contribution in [2.75, 3.05) is 19.7 Å². The molecule has 5 nitrogen and oxygen atoms in total. The van der Waals surface area contributed by atoms with E-state index in [1.807, 2.05) is 0 Å². The molecule has 8 heteroatoms. The van der Waals surface area contributed by atoms with Gasteiger partial charge in [0, 0.05) is 25.1 Å². The highest BCUT2D eigenvalue weighted by atomic mass is 19.4. The molecule has 110 valence electrons. The van der Waals surface area contributed by atoms with E-state index in [-0.39, 0.29) is 24.7 Å². The first-order valence-corrected chi connectivity index (χ1v) is 6.36. The Hall–Kier alpha value is -1.57. The van der Waals surface area contributed by atoms with E-state index in [0.29, 0.717) is 11.7 Å². The number of nitrogens with zero attached hydrogens (tertiary/aromatic N) is 2. The largest absolute Gasteiger partial charge is 0.411 e. The first-order valence-electron chi connectivity index (χ1n) is 6.36. The number of alkyl halides is 3. The number of amides is 1. The first kappa shape index (κ1) is 13.4. The second kappa shape index (κ2) is 4.76. The number of likely N-dealkylation sites (tertiary alicyclic amines) is 1. The van der Waals surface area contributed by atoms with Crippen LogP contribution in [0.3, 0.4) is 0 Å². The smallest absolute Gasteiger partial charge is 0.365 e. The van der Waals surface area contributed by atoms with Gasteiger partial charge in [-0.25, -0.2) is 0 Å². The fraction of sp³-hybridized carbons (Fsp3) is 0.667. The highest BCUT2D eigenvalue weighted by molar-refractivity contribution is 5.92. The summed E-state index contributed by atoms with van der Waals surface area (Å²) in [5.74, 6) is 0.745. The maximum Gasteiger partial charge on any atom is 0.411 e. The topological polar surface area (TPSA) is 55.6 Å². The standard InChI is InChI=1S/C12H13F3N2O3/c13-12(14,15)6-19-8-4-17(5-8)11(18)9-3-10(20-16-9)7-1-2-7/h3,7-8H,1-2,4-6H2. The van der Waals surface area contributed by atoms with Crippen molar-refractivity contribution in [3.05, 3.63) is 17.5 Å². The number of ether oxygens (including phenoxy) is 1. The Morgan fingerprint density at radius 3 is 2.75 bits per heavy atom. The van der Waals surface area contributed by atoms with E-state index < -0.39 is 18.9 Å². The van der Waals surface area contributed by atoms with Crippen LogP contribution in [0.5, 0.6) is 0 Å². The minimum Gasteiger partial charge on any atom is -0.365 e. The van der Waals surface area contributed by atoms with E-state index in [1.54, 1.807) is 6.07 Å². The van der Waals surface area contributed by atoms with E-state index in [1.165, 1.54) is 4.90 Å². The van der Waals surface area contributed by atoms with E-state index >= 15 is 0 Å². The van der Waals surface area contributed by atoms with Crippen LogP contribution in [-0.4, -0.2) is 47.9 Å². The number of hydrogen-bond donors (Lipinski definition) is 0. The van der Waals surface area contributed by atoms with Gasteiger partial charge in [0.2, 0.25) is 0 Å². The molecule has 0 radical (unpaired) electrons. The molecule has 2 heterocycles. The fourth-order valence-corrected chi connectivity index (χ4v) is 2.03. The number of halogens is 3. The van der Waals surface area contributed by atoms with Gasteiger partial charge in [-0.1, -0.05) is 5.16 Å². The lowest BCUT2D eigenvalue weighted by molar-refractivity contribution is -0.196. The molecule has 0 N–H and O–H groups in total. The minimum atomic E-state index is -4.34. The van der Waals surface area contributed by atoms with Gasteiger partial charge in [-0.3, -0.25) is 4.79 Å². The maximum atomic E-state index is 12.0. The SMILES string of the molecule is O=C(c1cc(C2CC2)on1)N1CC(OCC(F)(F)F)C1. The van der Waals surface area contributed by atoms with Crippen molar-refractivity contribution < 1.29 is 27.2 Å². The van der Waals surface area contributed by atoms with Crippen molar-refractivity contribution in [1.82, 2.24) is 10.1 Å². The van der Waals surface area contributed by atoms with Gasteiger partial charge in [0.15, 0.2) is 5.69 Å². The third-order valence-corrected chi connectivity index (χ3v) is 3.35. The van der Waals surface area contributed by atoms with Gasteiger partial charge in [0.05, 0.1) is 6.10 Å². The molecule has 2 fully saturated rings. The summed E-state index contributed by atoms with van der Waals surface area (Å²) in [6.07, 6.45) is -2.81. The molecule has 1 amide bonds. The predicted octanol–water partition coefficient (Wildman–Crippen LogP) is 1.96. The quantitative estimate of drug-likeness (QED) is 0.850. The molecule has 0 unspecified atom stereocenters. The molecule has 0 bridgehead atoms. The summed E-state index contributed by atoms with van der Waals surface area (Å²) >= 11 is 0. The minimum absolute atomic E-state index is 0.153. The second-order valence-electron chi connectivity index (χ2n) is 5.15. The molecule has 1 aromatic heterocycles. The summed E-state index contributed by atoms with van der Waals surface area (Å²) in [7, 11) is 0. The molecule has 1 aromatic rings. The average Bonchev–Trinajstić information content (AvgIpc) is 3.03. The molecule has 0 aromatic carbocycles. The summed E-state index contributed by atoms with van der Waals surface area (Å²) in [5.41, 5.74) is 0.209. The van der Waals surface area contributed by atoms with Crippen LogP contribution in [0.1, 0.15) is 35.0 Å². The van der Waals surface area contributed by atoms with E-state index in [4.69, 9.17) is 4.52 Å². The van der Waals surface area contributed by atoms with E-state index in [0.717, 1.165) is 12.8 Å². The molecule has 0 atom stereocenters. The normalized spacial score (nSPS) is 20.1. The Morgan fingerprint density at radius 2 is 2.15 bits per heavy atom. The Bertz CT molecular complexity index is 504. The Labute approximate surface area is 112 Å². The predicted molar refractivity (Wildman–Crippen MR) is 60.2 cm³/mol. The summed E-state index contributed by atoms with van der Waals surface area (Å²) in [5, 5.41) is 3.70. The van der Waals surface area contributed by atoms with Crippen LogP contribution in [0.25, 0.3) is 0 Å². The van der Waals surface area contributed by atoms with Gasteiger partial charge in [0.1, 0.15) is 12.4 Å². The molecular weight excluding hydrogens is 277 g/mol. The van der Waals surface area contributed by atoms with Gasteiger partial charge < -0.3 is 14.2 Å². The highest BCUT2D eigenvalue weighted by Crippen LogP contribution is 2.40. The highest BCUT2D eigenvalue weighted by Gasteiger charge is 2.37. The summed E-state index contributed by atoms with van der Waals surface area (Å²) in [6, 6.07) is 1.61. The lowest BCUT2D eigenvalue weighted by Crippen LogP contribution is -2.55. The van der Waals surface area contributed by atoms with Crippen LogP contribution in [0.2, 0.25) is 0 Å². The molecule has 1 saturated heterocycles. The third kappa shape index (κ3) is 2.95. The van der Waals surface area contributed by atoms with E-state index in [2.05, 4.69) is 9.89 Å². The molecule has 20 heavy (non-hydrogen) atoms. The monoisotopic (exact) mass is 290 g/mol. The average molecular weight is 290 g/mol. The zero-order valence-electron chi connectivity index (χ0n) is 10.5. The van der Waals surface area contributed by atoms with E-state index in [9.17, 15) is 18.0 Å². The van der Waals surface area contributed by atoms with Crippen molar-refractivity contribution in [2.45, 2.75) is 31.0 Å². The molecule has 0 spiro atoms. The molecule has 1 aliphatic heterocycles. The summed E-state index contributed by atoms with van der Waals surface area (Å²) in [6.45, 7) is -0.976. The number of carbonyl (C=O) groups is 1. The van der Waals surface area contributed by atoms with Gasteiger partial charge >= 0.3 is 6.18 Å². The van der Waals surface area contributed by atoms with Gasteiger partial charge in [0.25, 0.3) is 5.91 Å². The Balaban J connectivity index is 1.47. The summed E-state index contributed by atoms with van der Waals surface area (Å²) in [4.78, 5) is 13.4. The Kier molecular flexibility index (Phi) is 3.19. The van der Waals surface area contributed by atoms with Crippen LogP contribution in [0.15, 0.2) is 10.6 Å². The van der Waals surface area contributed by atoms with Crippen LogP contribution >= 0.6 is 0 Å². The van der Waals surface area contributed by atoms with Crippen molar-refractivity contribution in [3.8, 4) is 0 Å². The van der Waals surface area contributed by atoms with Gasteiger partial charge in [-0.2, -0.15) is 13.2 Å². The number of rotatable bonds is 4. The zero-order chi connectivity index (χ0) is 14.3. The maximum absolute atomic E-state index is 12.0. The van der Waals surface area contributed by atoms with Crippen molar-refractivity contribution in [3.63, 3.8) is 0 Å². The fourth-order valence-electron chi connectivity index (χ4n) is 2.03. The molecule has 2 aliphatic rings. The number of hydrogen-bond acceptors (Lipinski definition) is 4. The van der Waals surface area contributed by atoms with Crippen LogP contribution < -0.4 is 0 Å². The lowest BCUT2D eigenvalue weighted by atomic mass is 10.1. The van der Waals surface area contributed by atoms with Crippen molar-refractivity contribution in [1.29, 1.82) is 0 Å². The molecular formula is C12H13F3N2O3. The third-order valence-electron chi connectivity index (χ3n) is 3.35. The zero-order valence-corrected chi connectivity index (χ0v) is 10.5. The molecule has 1 saturated carbocycles. The second-order valence-corrected chi connectivity index (χ2v) is 5.15.